The second-order valence-corrected chi connectivity index (χ2v) is 15.5. The third-order valence-corrected chi connectivity index (χ3v) is 11.5. The van der Waals surface area contributed by atoms with Crippen LogP contribution in [0.25, 0.3) is 11.0 Å². The van der Waals surface area contributed by atoms with Crippen molar-refractivity contribution in [2.45, 2.75) is 82.5 Å². The molecule has 4 aromatic rings. The van der Waals surface area contributed by atoms with E-state index in [2.05, 4.69) is 30.8 Å². The molecule has 5 heterocycles. The van der Waals surface area contributed by atoms with Gasteiger partial charge in [-0.25, -0.2) is 9.59 Å². The third-order valence-electron chi connectivity index (χ3n) is 11.5. The number of hydrogen-bond acceptors (Lipinski definition) is 11. The number of amides is 4. The maximum atomic E-state index is 13.0. The summed E-state index contributed by atoms with van der Waals surface area (Å²) in [5.41, 5.74) is 4.26. The van der Waals surface area contributed by atoms with Crippen molar-refractivity contribution in [3.63, 3.8) is 0 Å². The molecule has 2 saturated heterocycles. The molecule has 18 nitrogen and oxygen atoms in total. The maximum Gasteiger partial charge on any atom is 0.410 e. The largest absolute Gasteiger partial charge is 0.446 e. The number of nitrogens with one attached hydrogen (secondary N) is 3. The summed E-state index contributed by atoms with van der Waals surface area (Å²) in [5.74, 6) is -0.461. The van der Waals surface area contributed by atoms with Crippen LogP contribution in [0.3, 0.4) is 0 Å². The number of fused-ring (bicyclic) bond motifs is 1. The topological polar surface area (TPSA) is 200 Å². The Kier molecular flexibility index (Phi) is 13.0. The molecule has 312 valence electrons. The van der Waals surface area contributed by atoms with Gasteiger partial charge in [-0.3, -0.25) is 43.5 Å². The minimum Gasteiger partial charge on any atom is -0.446 e. The summed E-state index contributed by atoms with van der Waals surface area (Å²) in [5, 5.41) is 16.8. The van der Waals surface area contributed by atoms with E-state index in [9.17, 15) is 24.0 Å². The van der Waals surface area contributed by atoms with Crippen LogP contribution in [0, 0.1) is 0 Å². The number of anilines is 1. The first-order chi connectivity index (χ1) is 28.1. The van der Waals surface area contributed by atoms with Gasteiger partial charge in [0.25, 0.3) is 5.91 Å². The molecule has 7 rings (SSSR count). The van der Waals surface area contributed by atoms with Crippen LogP contribution in [-0.2, 0) is 50.9 Å². The summed E-state index contributed by atoms with van der Waals surface area (Å²) in [7, 11) is 4.99. The van der Waals surface area contributed by atoms with E-state index >= 15 is 0 Å². The van der Waals surface area contributed by atoms with Gasteiger partial charge in [0, 0.05) is 84.7 Å². The molecule has 1 aromatic carbocycles. The lowest BCUT2D eigenvalue weighted by Gasteiger charge is -2.34. The molecule has 1 saturated carbocycles. The maximum absolute atomic E-state index is 13.0. The highest BCUT2D eigenvalue weighted by molar-refractivity contribution is 6.02. The van der Waals surface area contributed by atoms with Crippen LogP contribution < -0.4 is 16.3 Å². The van der Waals surface area contributed by atoms with Crippen LogP contribution in [-0.4, -0.2) is 122 Å². The Morgan fingerprint density at radius 3 is 2.55 bits per heavy atom. The van der Waals surface area contributed by atoms with Crippen molar-refractivity contribution in [1.82, 2.24) is 44.2 Å². The molecular weight excluding hydrogens is 749 g/mol. The first-order valence-corrected chi connectivity index (χ1v) is 20.3. The minimum atomic E-state index is -0.691. The number of methoxy groups -OCH3 is 1. The van der Waals surface area contributed by atoms with Crippen LogP contribution in [0.1, 0.15) is 90.8 Å². The summed E-state index contributed by atoms with van der Waals surface area (Å²) in [4.78, 5) is 67.1. The second kappa shape index (κ2) is 18.5. The van der Waals surface area contributed by atoms with Gasteiger partial charge in [-0.1, -0.05) is 6.07 Å². The van der Waals surface area contributed by atoms with Crippen LogP contribution in [0.15, 0.2) is 35.1 Å². The SMILES string of the molecule is COCc1cc(C(=O)Nc2cc(C3CC[C@@H](OC(=O)N4CCN(CCCCOCCCc5ccc6c(c5)n(C)c(=O)n6C5CCC(=O)NC5=O)CC4)C3)[nH]n2)n(C)n1. The second-order valence-electron chi connectivity index (χ2n) is 15.5. The van der Waals surface area contributed by atoms with Crippen LogP contribution in [0.4, 0.5) is 10.6 Å². The molecule has 3 fully saturated rings. The van der Waals surface area contributed by atoms with E-state index in [-0.39, 0.29) is 42.0 Å². The third kappa shape index (κ3) is 9.51. The smallest absolute Gasteiger partial charge is 0.410 e. The van der Waals surface area contributed by atoms with Crippen molar-refractivity contribution in [2.75, 3.05) is 58.4 Å². The number of carbonyl (C=O) groups excluding carboxylic acids is 4. The Hall–Kier alpha value is -5.33. The van der Waals surface area contributed by atoms with Gasteiger partial charge in [0.1, 0.15) is 17.8 Å². The molecule has 0 bridgehead atoms. The fourth-order valence-electron chi connectivity index (χ4n) is 8.26. The zero-order valence-corrected chi connectivity index (χ0v) is 33.5. The van der Waals surface area contributed by atoms with Crippen molar-refractivity contribution in [3.8, 4) is 0 Å². The van der Waals surface area contributed by atoms with E-state index in [1.165, 1.54) is 9.25 Å². The number of nitrogens with zero attached hydrogens (tertiary/aromatic N) is 7. The van der Waals surface area contributed by atoms with E-state index in [1.54, 1.807) is 36.7 Å². The Balaban J connectivity index is 0.747. The normalized spacial score (nSPS) is 20.2. The Morgan fingerprint density at radius 2 is 1.76 bits per heavy atom. The standard InChI is InChI=1S/C40H54N10O8/c1-46-33-21-26(8-11-31(33)50(39(46)54)32-12-13-36(51)42-37(32)52)7-6-20-57-19-5-4-14-48-15-17-49(18-16-48)40(55)58-29-10-9-27(22-29)30-24-35(44-43-30)41-38(53)34-23-28(25-56-3)45-47(34)2/h8,11,21,23-24,27,29,32H,4-7,9-10,12-20,22,25H2,1-3H3,(H,42,51,52)(H2,41,43,44,53)/t27?,29-,32?/m1/s1. The highest BCUT2D eigenvalue weighted by atomic mass is 16.6. The summed E-state index contributed by atoms with van der Waals surface area (Å²) in [6.07, 6.45) is 6.06. The molecule has 2 unspecified atom stereocenters. The minimum absolute atomic E-state index is 0.156. The number of imide groups is 1. The van der Waals surface area contributed by atoms with Gasteiger partial charge >= 0.3 is 11.8 Å². The van der Waals surface area contributed by atoms with E-state index < -0.39 is 11.9 Å². The predicted octanol–water partition coefficient (Wildman–Crippen LogP) is 2.99. The van der Waals surface area contributed by atoms with Gasteiger partial charge in [0.15, 0.2) is 5.82 Å². The Labute approximate surface area is 336 Å². The molecule has 0 radical (unpaired) electrons. The number of imidazole rings is 1. The average Bonchev–Trinajstić information content (AvgIpc) is 4.00. The van der Waals surface area contributed by atoms with E-state index in [1.807, 2.05) is 24.3 Å². The number of ether oxygens (including phenoxy) is 3. The Bertz CT molecular complexity index is 2160. The number of aryl methyl sites for hydroxylation is 3. The summed E-state index contributed by atoms with van der Waals surface area (Å²) >= 11 is 0. The lowest BCUT2D eigenvalue weighted by molar-refractivity contribution is -0.135. The fraction of sp³-hybridized carbons (Fsp3) is 0.575. The van der Waals surface area contributed by atoms with Gasteiger partial charge in [0.05, 0.1) is 23.3 Å². The first kappa shape index (κ1) is 40.9. The van der Waals surface area contributed by atoms with Crippen molar-refractivity contribution in [1.29, 1.82) is 0 Å². The van der Waals surface area contributed by atoms with Crippen molar-refractivity contribution in [2.24, 2.45) is 14.1 Å². The van der Waals surface area contributed by atoms with Crippen LogP contribution in [0.5, 0.6) is 0 Å². The number of aromatic nitrogens is 6. The van der Waals surface area contributed by atoms with Gasteiger partial charge in [-0.15, -0.1) is 0 Å². The van der Waals surface area contributed by atoms with Gasteiger partial charge in [-0.05, 0) is 81.7 Å². The monoisotopic (exact) mass is 802 g/mol. The summed E-state index contributed by atoms with van der Waals surface area (Å²) < 4.78 is 21.5. The molecule has 0 spiro atoms. The van der Waals surface area contributed by atoms with Crippen molar-refractivity contribution >= 4 is 40.7 Å². The number of piperazine rings is 1. The van der Waals surface area contributed by atoms with Gasteiger partial charge < -0.3 is 24.4 Å². The van der Waals surface area contributed by atoms with E-state index in [0.29, 0.717) is 68.5 Å². The van der Waals surface area contributed by atoms with Crippen LogP contribution in [0.2, 0.25) is 0 Å². The number of benzene rings is 1. The summed E-state index contributed by atoms with van der Waals surface area (Å²) in [6.45, 7) is 5.50. The highest BCUT2D eigenvalue weighted by Crippen LogP contribution is 2.36. The molecule has 4 amide bonds. The molecule has 18 heteroatoms. The number of unbranched alkanes of at least 4 members (excludes halogenated alkanes) is 1. The highest BCUT2D eigenvalue weighted by Gasteiger charge is 2.33. The molecule has 58 heavy (non-hydrogen) atoms. The number of H-pyrrole nitrogens is 1. The molecular formula is C40H54N10O8. The lowest BCUT2D eigenvalue weighted by atomic mass is 10.0. The zero-order chi connectivity index (χ0) is 40.8. The number of rotatable bonds is 16. The zero-order valence-electron chi connectivity index (χ0n) is 33.5. The lowest BCUT2D eigenvalue weighted by Crippen LogP contribution is -2.49. The van der Waals surface area contributed by atoms with E-state index in [0.717, 1.165) is 74.9 Å². The van der Waals surface area contributed by atoms with E-state index in [4.69, 9.17) is 14.2 Å². The first-order valence-electron chi connectivity index (χ1n) is 20.3. The molecule has 3 N–H and O–H groups in total. The Morgan fingerprint density at radius 1 is 0.948 bits per heavy atom. The molecule has 1 aliphatic carbocycles. The van der Waals surface area contributed by atoms with Gasteiger partial charge in [0.2, 0.25) is 11.8 Å². The molecule has 3 aliphatic rings. The van der Waals surface area contributed by atoms with Crippen LogP contribution >= 0.6 is 0 Å². The van der Waals surface area contributed by atoms with Gasteiger partial charge in [-0.2, -0.15) is 10.2 Å². The number of piperidine rings is 1. The predicted molar refractivity (Wildman–Crippen MR) is 212 cm³/mol. The summed E-state index contributed by atoms with van der Waals surface area (Å²) in [6, 6.07) is 8.71. The number of carbonyl (C=O) groups is 4. The number of hydrogen-bond donors (Lipinski definition) is 3. The molecule has 3 atom stereocenters. The molecule has 2 aliphatic heterocycles. The fourth-order valence-corrected chi connectivity index (χ4v) is 8.26. The van der Waals surface area contributed by atoms with Crippen molar-refractivity contribution < 1.29 is 33.4 Å². The number of aromatic amines is 1. The average molecular weight is 803 g/mol. The quantitative estimate of drug-likeness (QED) is 0.111. The molecule has 3 aromatic heterocycles. The van der Waals surface area contributed by atoms with Crippen molar-refractivity contribution in [3.05, 3.63) is 63.5 Å².